The smallest absolute Gasteiger partial charge is 0.242 e. The Bertz CT molecular complexity index is 251. The highest BCUT2D eigenvalue weighted by Crippen LogP contribution is 2.20. The fourth-order valence-electron chi connectivity index (χ4n) is 1.12. The van der Waals surface area contributed by atoms with Crippen molar-refractivity contribution in [3.8, 4) is 6.07 Å². The Morgan fingerprint density at radius 2 is 1.79 bits per heavy atom. The molecule has 0 saturated carbocycles. The average Bonchev–Trinajstić information content (AvgIpc) is 2.14. The van der Waals surface area contributed by atoms with Gasteiger partial charge in [0.05, 0.1) is 6.07 Å². The molecule has 0 aliphatic carbocycles. The molecule has 3 nitrogen and oxygen atoms in total. The predicted molar refractivity (Wildman–Crippen MR) is 56.5 cm³/mol. The van der Waals surface area contributed by atoms with Gasteiger partial charge in [-0.1, -0.05) is 13.8 Å². The maximum atomic E-state index is 11.8. The van der Waals surface area contributed by atoms with Crippen LogP contribution in [0.25, 0.3) is 0 Å². The number of carbonyl (C=O) groups is 1. The van der Waals surface area contributed by atoms with E-state index in [1.165, 1.54) is 0 Å². The van der Waals surface area contributed by atoms with E-state index in [0.29, 0.717) is 5.92 Å². The van der Waals surface area contributed by atoms with E-state index in [1.54, 1.807) is 25.8 Å². The first-order valence-electron chi connectivity index (χ1n) is 4.92. The van der Waals surface area contributed by atoms with E-state index in [1.807, 2.05) is 13.0 Å². The molecular formula is C11H20N2O. The molecule has 1 atom stereocenters. The summed E-state index contributed by atoms with van der Waals surface area (Å²) in [5.41, 5.74) is -0.919. The maximum absolute atomic E-state index is 11.8. The van der Waals surface area contributed by atoms with Crippen molar-refractivity contribution in [2.24, 2.45) is 11.3 Å². The SMILES string of the molecule is CC(C)C(C)N(C)C(=O)C(C)(C)C#N. The van der Waals surface area contributed by atoms with Crippen LogP contribution in [0.1, 0.15) is 34.6 Å². The zero-order chi connectivity index (χ0) is 11.5. The molecule has 0 rings (SSSR count). The molecule has 0 aromatic heterocycles. The van der Waals surface area contributed by atoms with Crippen LogP contribution in [-0.2, 0) is 4.79 Å². The first-order chi connectivity index (χ1) is 6.24. The number of nitrogens with zero attached hydrogens (tertiary/aromatic N) is 2. The van der Waals surface area contributed by atoms with Gasteiger partial charge in [-0.25, -0.2) is 0 Å². The van der Waals surface area contributed by atoms with Crippen molar-refractivity contribution in [1.29, 1.82) is 5.26 Å². The highest BCUT2D eigenvalue weighted by atomic mass is 16.2. The summed E-state index contributed by atoms with van der Waals surface area (Å²) in [5.74, 6) is 0.291. The molecule has 0 spiro atoms. The van der Waals surface area contributed by atoms with Crippen molar-refractivity contribution in [3.63, 3.8) is 0 Å². The number of hydrogen-bond donors (Lipinski definition) is 0. The van der Waals surface area contributed by atoms with E-state index < -0.39 is 5.41 Å². The minimum absolute atomic E-state index is 0.110. The van der Waals surface area contributed by atoms with Gasteiger partial charge in [-0.3, -0.25) is 4.79 Å². The van der Waals surface area contributed by atoms with Crippen molar-refractivity contribution < 1.29 is 4.79 Å². The number of carbonyl (C=O) groups excluding carboxylic acids is 1. The summed E-state index contributed by atoms with van der Waals surface area (Å²) in [7, 11) is 1.76. The number of hydrogen-bond acceptors (Lipinski definition) is 2. The highest BCUT2D eigenvalue weighted by Gasteiger charge is 2.32. The summed E-state index contributed by atoms with van der Waals surface area (Å²) in [6, 6.07) is 2.19. The van der Waals surface area contributed by atoms with Gasteiger partial charge in [0, 0.05) is 13.1 Å². The molecule has 1 unspecified atom stereocenters. The van der Waals surface area contributed by atoms with Gasteiger partial charge in [0.1, 0.15) is 5.41 Å². The lowest BCUT2D eigenvalue weighted by atomic mass is 9.92. The van der Waals surface area contributed by atoms with E-state index in [-0.39, 0.29) is 11.9 Å². The molecule has 3 heteroatoms. The molecule has 1 amide bonds. The van der Waals surface area contributed by atoms with Crippen LogP contribution in [0, 0.1) is 22.7 Å². The second-order valence-electron chi connectivity index (χ2n) is 4.64. The Hall–Kier alpha value is -1.04. The topological polar surface area (TPSA) is 44.1 Å². The Labute approximate surface area is 86.7 Å². The molecule has 0 aromatic carbocycles. The van der Waals surface area contributed by atoms with Crippen molar-refractivity contribution in [3.05, 3.63) is 0 Å². The molecule has 0 N–H and O–H groups in total. The molecule has 0 heterocycles. The molecule has 14 heavy (non-hydrogen) atoms. The molecule has 0 radical (unpaired) electrons. The zero-order valence-corrected chi connectivity index (χ0v) is 9.96. The molecule has 0 bridgehead atoms. The van der Waals surface area contributed by atoms with Crippen LogP contribution in [0.15, 0.2) is 0 Å². The second kappa shape index (κ2) is 4.45. The molecule has 0 aliphatic rings. The zero-order valence-electron chi connectivity index (χ0n) is 9.96. The van der Waals surface area contributed by atoms with Crippen LogP contribution < -0.4 is 0 Å². The molecule has 0 aromatic rings. The van der Waals surface area contributed by atoms with E-state index in [4.69, 9.17) is 5.26 Å². The molecule has 80 valence electrons. The van der Waals surface area contributed by atoms with Gasteiger partial charge >= 0.3 is 0 Å². The van der Waals surface area contributed by atoms with Gasteiger partial charge in [-0.05, 0) is 26.7 Å². The third-order valence-corrected chi connectivity index (χ3v) is 2.71. The first kappa shape index (κ1) is 13.0. The van der Waals surface area contributed by atoms with E-state index in [0.717, 1.165) is 0 Å². The Morgan fingerprint density at radius 1 is 1.36 bits per heavy atom. The lowest BCUT2D eigenvalue weighted by molar-refractivity contribution is -0.138. The summed E-state index contributed by atoms with van der Waals surface area (Å²) >= 11 is 0. The molecule has 0 saturated heterocycles. The molecule has 0 aliphatic heterocycles. The summed E-state index contributed by atoms with van der Waals surface area (Å²) in [6.45, 7) is 9.43. The fraction of sp³-hybridized carbons (Fsp3) is 0.818. The van der Waals surface area contributed by atoms with Crippen molar-refractivity contribution in [2.45, 2.75) is 40.7 Å². The lowest BCUT2D eigenvalue weighted by Crippen LogP contribution is -2.44. The van der Waals surface area contributed by atoms with Crippen LogP contribution in [0.2, 0.25) is 0 Å². The largest absolute Gasteiger partial charge is 0.341 e. The van der Waals surface area contributed by atoms with Gasteiger partial charge in [0.2, 0.25) is 5.91 Å². The highest BCUT2D eigenvalue weighted by molar-refractivity contribution is 5.84. The van der Waals surface area contributed by atoms with Crippen LogP contribution in [0.4, 0.5) is 0 Å². The minimum Gasteiger partial charge on any atom is -0.341 e. The van der Waals surface area contributed by atoms with Gasteiger partial charge in [-0.15, -0.1) is 0 Å². The Balaban J connectivity index is 4.65. The summed E-state index contributed by atoms with van der Waals surface area (Å²) in [5, 5.41) is 8.84. The maximum Gasteiger partial charge on any atom is 0.242 e. The predicted octanol–water partition coefficient (Wildman–Crippen LogP) is 2.04. The minimum atomic E-state index is -0.919. The van der Waals surface area contributed by atoms with Crippen LogP contribution in [-0.4, -0.2) is 23.9 Å². The van der Waals surface area contributed by atoms with Crippen molar-refractivity contribution in [2.75, 3.05) is 7.05 Å². The molecular weight excluding hydrogens is 176 g/mol. The normalized spacial score (nSPS) is 13.6. The first-order valence-corrected chi connectivity index (χ1v) is 4.92. The van der Waals surface area contributed by atoms with E-state index in [2.05, 4.69) is 13.8 Å². The number of rotatable bonds is 3. The Morgan fingerprint density at radius 3 is 2.07 bits per heavy atom. The van der Waals surface area contributed by atoms with Crippen LogP contribution in [0.3, 0.4) is 0 Å². The summed E-state index contributed by atoms with van der Waals surface area (Å²) < 4.78 is 0. The summed E-state index contributed by atoms with van der Waals surface area (Å²) in [6.07, 6.45) is 0. The van der Waals surface area contributed by atoms with E-state index >= 15 is 0 Å². The fourth-order valence-corrected chi connectivity index (χ4v) is 1.12. The van der Waals surface area contributed by atoms with Crippen LogP contribution >= 0.6 is 0 Å². The number of amides is 1. The van der Waals surface area contributed by atoms with Crippen molar-refractivity contribution >= 4 is 5.91 Å². The quantitative estimate of drug-likeness (QED) is 0.693. The molecule has 0 fully saturated rings. The van der Waals surface area contributed by atoms with Crippen LogP contribution in [0.5, 0.6) is 0 Å². The monoisotopic (exact) mass is 196 g/mol. The average molecular weight is 196 g/mol. The Kier molecular flexibility index (Phi) is 4.12. The van der Waals surface area contributed by atoms with Gasteiger partial charge < -0.3 is 4.90 Å². The number of nitriles is 1. The third kappa shape index (κ3) is 2.73. The van der Waals surface area contributed by atoms with Gasteiger partial charge in [0.15, 0.2) is 0 Å². The van der Waals surface area contributed by atoms with Gasteiger partial charge in [0.25, 0.3) is 0 Å². The van der Waals surface area contributed by atoms with E-state index in [9.17, 15) is 4.79 Å². The lowest BCUT2D eigenvalue weighted by Gasteiger charge is -2.31. The van der Waals surface area contributed by atoms with Gasteiger partial charge in [-0.2, -0.15) is 5.26 Å². The van der Waals surface area contributed by atoms with Crippen molar-refractivity contribution in [1.82, 2.24) is 4.90 Å². The standard InChI is InChI=1S/C11H20N2O/c1-8(2)9(3)13(6)10(14)11(4,5)7-12/h8-9H,1-6H3. The third-order valence-electron chi connectivity index (χ3n) is 2.71. The second-order valence-corrected chi connectivity index (χ2v) is 4.64. The summed E-state index contributed by atoms with van der Waals surface area (Å²) in [4.78, 5) is 13.5.